The number of rotatable bonds is 7. The summed E-state index contributed by atoms with van der Waals surface area (Å²) in [4.78, 5) is 1.32. The molecule has 146 valence electrons. The van der Waals surface area contributed by atoms with Crippen molar-refractivity contribution in [1.29, 1.82) is 0 Å². The average molecular weight is 479 g/mol. The van der Waals surface area contributed by atoms with E-state index < -0.39 is 5.31 Å². The Kier molecular flexibility index (Phi) is 6.25. The van der Waals surface area contributed by atoms with E-state index in [2.05, 4.69) is 137 Å². The van der Waals surface area contributed by atoms with Crippen LogP contribution in [0.15, 0.2) is 126 Å². The van der Waals surface area contributed by atoms with E-state index in [1.165, 1.54) is 20.8 Å². The molecule has 0 nitrogen and oxygen atoms in total. The van der Waals surface area contributed by atoms with E-state index in [9.17, 15) is 0 Å². The Balaban J connectivity index is 1.87. The van der Waals surface area contributed by atoms with Crippen molar-refractivity contribution in [2.75, 3.05) is 11.9 Å². The molecule has 0 heterocycles. The van der Waals surface area contributed by atoms with Crippen molar-refractivity contribution in [3.05, 3.63) is 121 Å². The van der Waals surface area contributed by atoms with Crippen LogP contribution in [0.2, 0.25) is 0 Å². The summed E-state index contributed by atoms with van der Waals surface area (Å²) in [6.45, 7) is 0. The Hall–Kier alpha value is -1.86. The van der Waals surface area contributed by atoms with Gasteiger partial charge in [-0.1, -0.05) is 0 Å². The van der Waals surface area contributed by atoms with E-state index in [-0.39, 0.29) is 0 Å². The van der Waals surface area contributed by atoms with E-state index in [1.54, 1.807) is 0 Å². The molecule has 0 aliphatic heterocycles. The molecule has 0 unspecified atom stereocenters. The van der Waals surface area contributed by atoms with Gasteiger partial charge in [0.05, 0.1) is 0 Å². The Labute approximate surface area is 186 Å². The van der Waals surface area contributed by atoms with Crippen molar-refractivity contribution in [1.82, 2.24) is 0 Å². The Morgan fingerprint density at radius 1 is 0.517 bits per heavy atom. The number of thioether (sulfide) groups is 1. The van der Waals surface area contributed by atoms with Crippen LogP contribution in [-0.2, 0) is 0 Å². The molecular formula is C26H24BrPS. The fourth-order valence-electron chi connectivity index (χ4n) is 3.90. The van der Waals surface area contributed by atoms with Gasteiger partial charge in [0.2, 0.25) is 0 Å². The normalized spacial score (nSPS) is 12.8. The molecule has 0 fully saturated rings. The summed E-state index contributed by atoms with van der Waals surface area (Å²) in [5.74, 6) is 1.03. The summed E-state index contributed by atoms with van der Waals surface area (Å²) in [7, 11) is 0. The average Bonchev–Trinajstić information content (AvgIpc) is 2.81. The van der Waals surface area contributed by atoms with Gasteiger partial charge < -0.3 is 0 Å². The molecule has 0 saturated carbocycles. The van der Waals surface area contributed by atoms with Gasteiger partial charge in [-0.3, -0.25) is 0 Å². The van der Waals surface area contributed by atoms with Crippen molar-refractivity contribution in [3.63, 3.8) is 0 Å². The van der Waals surface area contributed by atoms with Crippen LogP contribution >= 0.6 is 32.6 Å². The fourth-order valence-corrected chi connectivity index (χ4v) is 13.7. The molecule has 4 aromatic carbocycles. The monoisotopic (exact) mass is 478 g/mol. The van der Waals surface area contributed by atoms with Gasteiger partial charge in [-0.25, -0.2) is 0 Å². The zero-order chi connectivity index (χ0) is 20.0. The van der Waals surface area contributed by atoms with Gasteiger partial charge in [-0.05, 0) is 0 Å². The number of hydrogen-bond donors (Lipinski definition) is 0. The van der Waals surface area contributed by atoms with Crippen molar-refractivity contribution in [3.8, 4) is 0 Å². The van der Waals surface area contributed by atoms with Crippen molar-refractivity contribution < 1.29 is 0 Å². The molecular weight excluding hydrogens is 455 g/mol. The molecule has 0 bridgehead atoms. The Morgan fingerprint density at radius 2 is 0.862 bits per heavy atom. The minimum atomic E-state index is -2.80. The molecule has 0 aliphatic rings. The van der Waals surface area contributed by atoms with Crippen LogP contribution in [0.3, 0.4) is 0 Å². The summed E-state index contributed by atoms with van der Waals surface area (Å²) in [6, 6.07) is 43.7. The number of benzene rings is 4. The van der Waals surface area contributed by atoms with Crippen molar-refractivity contribution in [2.24, 2.45) is 0 Å². The molecule has 4 aromatic rings. The van der Waals surface area contributed by atoms with E-state index in [1.807, 2.05) is 11.8 Å². The van der Waals surface area contributed by atoms with Crippen molar-refractivity contribution in [2.45, 2.75) is 4.90 Å². The Morgan fingerprint density at radius 3 is 1.24 bits per heavy atom. The molecule has 4 rings (SSSR count). The van der Waals surface area contributed by atoms with Crippen LogP contribution in [-0.4, -0.2) is 11.9 Å². The number of halogens is 1. The standard InChI is InChI=1S/C26H24BrPS/c27-28(23-13-5-1-6-14-23,24-15-7-2-8-16-24,25-17-9-3-10-18-25)21-22-29-26-19-11-4-12-20-26/h1-20H,21-22H2. The van der Waals surface area contributed by atoms with Crippen LogP contribution in [0, 0.1) is 0 Å². The first-order chi connectivity index (χ1) is 14.2. The zero-order valence-electron chi connectivity index (χ0n) is 16.2. The number of hydrogen-bond acceptors (Lipinski definition) is 1. The Bertz CT molecular complexity index is 938. The first-order valence-corrected chi connectivity index (χ1v) is 15.2. The predicted molar refractivity (Wildman–Crippen MR) is 136 cm³/mol. The molecule has 0 radical (unpaired) electrons. The van der Waals surface area contributed by atoms with E-state index in [4.69, 9.17) is 0 Å². The van der Waals surface area contributed by atoms with Crippen LogP contribution in [0.25, 0.3) is 0 Å². The van der Waals surface area contributed by atoms with E-state index in [0.717, 1.165) is 11.9 Å². The third-order valence-corrected chi connectivity index (χ3v) is 16.7. The fraction of sp³-hybridized carbons (Fsp3) is 0.0769. The van der Waals surface area contributed by atoms with Gasteiger partial charge in [0.1, 0.15) is 0 Å². The molecule has 0 atom stereocenters. The maximum absolute atomic E-state index is 4.51. The van der Waals surface area contributed by atoms with Gasteiger partial charge in [0.15, 0.2) is 0 Å². The molecule has 0 amide bonds. The predicted octanol–water partition coefficient (Wildman–Crippen LogP) is 6.62. The molecule has 0 saturated heterocycles. The van der Waals surface area contributed by atoms with Gasteiger partial charge in [-0.2, -0.15) is 0 Å². The van der Waals surface area contributed by atoms with Gasteiger partial charge in [0.25, 0.3) is 0 Å². The molecule has 0 aliphatic carbocycles. The quantitative estimate of drug-likeness (QED) is 0.212. The zero-order valence-corrected chi connectivity index (χ0v) is 19.5. The summed E-state index contributed by atoms with van der Waals surface area (Å²) in [6.07, 6.45) is 1.04. The third kappa shape index (κ3) is 3.94. The van der Waals surface area contributed by atoms with Crippen LogP contribution < -0.4 is 15.9 Å². The van der Waals surface area contributed by atoms with Gasteiger partial charge in [-0.15, -0.1) is 0 Å². The first kappa shape index (κ1) is 20.4. The molecule has 29 heavy (non-hydrogen) atoms. The molecule has 3 heteroatoms. The third-order valence-electron chi connectivity index (χ3n) is 5.41. The van der Waals surface area contributed by atoms with E-state index >= 15 is 0 Å². The second-order valence-corrected chi connectivity index (χ2v) is 17.3. The first-order valence-electron chi connectivity index (χ1n) is 9.79. The van der Waals surface area contributed by atoms with Crippen LogP contribution in [0.1, 0.15) is 0 Å². The summed E-state index contributed by atoms with van der Waals surface area (Å²) < 4.78 is 0. The summed E-state index contributed by atoms with van der Waals surface area (Å²) in [5, 5.41) is 1.34. The van der Waals surface area contributed by atoms with Gasteiger partial charge in [0, 0.05) is 0 Å². The second-order valence-electron chi connectivity index (χ2n) is 7.07. The van der Waals surface area contributed by atoms with E-state index in [0.29, 0.717) is 0 Å². The van der Waals surface area contributed by atoms with Crippen molar-refractivity contribution >= 4 is 48.5 Å². The topological polar surface area (TPSA) is 0 Å². The SMILES string of the molecule is BrP(CCSc1ccccc1)(c1ccccc1)(c1ccccc1)c1ccccc1. The summed E-state index contributed by atoms with van der Waals surface area (Å²) in [5.41, 5.74) is 0. The molecule has 0 spiro atoms. The second kappa shape index (κ2) is 8.88. The van der Waals surface area contributed by atoms with Crippen LogP contribution in [0.4, 0.5) is 0 Å². The molecule has 0 aromatic heterocycles. The van der Waals surface area contributed by atoms with Crippen LogP contribution in [0.5, 0.6) is 0 Å². The van der Waals surface area contributed by atoms with Gasteiger partial charge >= 0.3 is 187 Å². The minimum absolute atomic E-state index is 1.03. The maximum atomic E-state index is 4.51. The molecule has 0 N–H and O–H groups in total. The summed E-state index contributed by atoms with van der Waals surface area (Å²) >= 11 is 6.44.